The highest BCUT2D eigenvalue weighted by atomic mass is 19.4. The fourth-order valence-electron chi connectivity index (χ4n) is 4.24. The van der Waals surface area contributed by atoms with E-state index in [-0.39, 0.29) is 46.6 Å². The molecule has 0 saturated heterocycles. The molecule has 1 aliphatic heterocycles. The van der Waals surface area contributed by atoms with Crippen LogP contribution in [0.25, 0.3) is 11.0 Å². The van der Waals surface area contributed by atoms with Crippen molar-refractivity contribution >= 4 is 28.6 Å². The van der Waals surface area contributed by atoms with Gasteiger partial charge in [-0.3, -0.25) is 9.59 Å². The first-order valence-electron chi connectivity index (χ1n) is 11.4. The summed E-state index contributed by atoms with van der Waals surface area (Å²) >= 11 is 0. The number of alkyl halides is 5. The lowest BCUT2D eigenvalue weighted by Gasteiger charge is -2.13. The number of carbonyl (C=O) groups excluding carboxylic acids is 1. The summed E-state index contributed by atoms with van der Waals surface area (Å²) in [6.07, 6.45) is -9.01. The van der Waals surface area contributed by atoms with Crippen molar-refractivity contribution in [1.29, 1.82) is 0 Å². The van der Waals surface area contributed by atoms with Crippen LogP contribution in [0.15, 0.2) is 60.7 Å². The molecule has 0 aliphatic carbocycles. The number of amides is 1. The first kappa shape index (κ1) is 25.9. The predicted molar refractivity (Wildman–Crippen MR) is 127 cm³/mol. The number of nitrogens with zero attached hydrogens (tertiary/aromatic N) is 2. The number of carboxylic acid groups (broad SMARTS) is 1. The number of hydrogen-bond acceptors (Lipinski definition) is 5. The van der Waals surface area contributed by atoms with E-state index >= 15 is 0 Å². The number of carbonyl (C=O) groups is 2. The summed E-state index contributed by atoms with van der Waals surface area (Å²) in [6, 6.07) is 14.3. The number of imidazole rings is 1. The first-order chi connectivity index (χ1) is 18.4. The Bertz CT molecular complexity index is 1580. The quantitative estimate of drug-likeness (QED) is 0.307. The number of carboxylic acids is 1. The van der Waals surface area contributed by atoms with Crippen LogP contribution in [0.1, 0.15) is 22.5 Å². The van der Waals surface area contributed by atoms with Crippen LogP contribution in [0.2, 0.25) is 0 Å². The Morgan fingerprint density at radius 1 is 0.974 bits per heavy atom. The zero-order valence-electron chi connectivity index (χ0n) is 19.8. The number of ether oxygens (including phenoxy) is 2. The first-order valence-corrected chi connectivity index (χ1v) is 11.4. The molecule has 0 fully saturated rings. The summed E-state index contributed by atoms with van der Waals surface area (Å²) in [5, 5.41) is 11.4. The van der Waals surface area contributed by atoms with E-state index < -0.39 is 36.7 Å². The van der Waals surface area contributed by atoms with E-state index in [4.69, 9.17) is 5.11 Å². The second kappa shape index (κ2) is 9.57. The molecule has 8 nitrogen and oxygen atoms in total. The third-order valence-electron chi connectivity index (χ3n) is 5.87. The summed E-state index contributed by atoms with van der Waals surface area (Å²) in [6.45, 7) is -0.489. The molecule has 0 atom stereocenters. The van der Waals surface area contributed by atoms with Gasteiger partial charge in [-0.1, -0.05) is 36.4 Å². The number of anilines is 1. The molecule has 0 radical (unpaired) electrons. The molecule has 3 aromatic carbocycles. The van der Waals surface area contributed by atoms with Gasteiger partial charge < -0.3 is 24.5 Å². The summed E-state index contributed by atoms with van der Waals surface area (Å²) in [5.41, 5.74) is 1.39. The van der Waals surface area contributed by atoms with Crippen LogP contribution in [0.5, 0.6) is 11.5 Å². The third kappa shape index (κ3) is 5.61. The van der Waals surface area contributed by atoms with Crippen LogP contribution >= 0.6 is 0 Å². The smallest absolute Gasteiger partial charge is 0.481 e. The molecule has 2 heterocycles. The number of hydrogen-bond donors (Lipinski definition) is 2. The van der Waals surface area contributed by atoms with Gasteiger partial charge in [-0.15, -0.1) is 8.78 Å². The van der Waals surface area contributed by atoms with Gasteiger partial charge in [-0.25, -0.2) is 4.98 Å². The van der Waals surface area contributed by atoms with E-state index in [0.29, 0.717) is 11.1 Å². The predicted octanol–water partition coefficient (Wildman–Crippen LogP) is 5.23. The van der Waals surface area contributed by atoms with Gasteiger partial charge in [-0.05, 0) is 35.4 Å². The van der Waals surface area contributed by atoms with E-state index in [9.17, 15) is 31.5 Å². The minimum Gasteiger partial charge on any atom is -0.481 e. The highest BCUT2D eigenvalue weighted by Gasteiger charge is 2.45. The van der Waals surface area contributed by atoms with Gasteiger partial charge in [0.1, 0.15) is 0 Å². The Kier molecular flexibility index (Phi) is 6.36. The van der Waals surface area contributed by atoms with E-state index in [2.05, 4.69) is 19.8 Å². The summed E-state index contributed by atoms with van der Waals surface area (Å²) in [5.74, 6) is -3.35. The number of para-hydroxylation sites is 1. The zero-order chi connectivity index (χ0) is 27.9. The van der Waals surface area contributed by atoms with Crippen molar-refractivity contribution in [2.24, 2.45) is 0 Å². The van der Waals surface area contributed by atoms with Gasteiger partial charge in [0.25, 0.3) is 0 Å². The maximum atomic E-state index is 13.9. The fourth-order valence-corrected chi connectivity index (χ4v) is 4.24. The largest absolute Gasteiger partial charge is 0.586 e. The monoisotopic (exact) mass is 547 g/mol. The summed E-state index contributed by atoms with van der Waals surface area (Å²) < 4.78 is 78.5. The molecule has 5 rings (SSSR count). The van der Waals surface area contributed by atoms with E-state index in [1.165, 1.54) is 36.4 Å². The molecular weight excluding hydrogens is 529 g/mol. The van der Waals surface area contributed by atoms with Crippen LogP contribution in [0, 0.1) is 0 Å². The average molecular weight is 547 g/mol. The lowest BCUT2D eigenvalue weighted by molar-refractivity contribution is -0.287. The van der Waals surface area contributed by atoms with E-state index in [0.717, 1.165) is 4.57 Å². The van der Waals surface area contributed by atoms with Crippen molar-refractivity contribution in [3.05, 3.63) is 83.2 Å². The zero-order valence-corrected chi connectivity index (χ0v) is 19.8. The molecule has 1 aliphatic rings. The van der Waals surface area contributed by atoms with Gasteiger partial charge in [0.2, 0.25) is 11.7 Å². The molecule has 4 aromatic rings. The van der Waals surface area contributed by atoms with Crippen LogP contribution in [0.3, 0.4) is 0 Å². The Morgan fingerprint density at radius 3 is 2.33 bits per heavy atom. The standard InChI is InChI=1S/C26H18F5N3O5/c27-25(28,29)24-33-18-12-17(32-21(35)10-14-4-6-15(7-5-14)11-22(36)37)8-9-19(18)34(24)13-16-2-1-3-20-23(16)39-26(30,31)38-20/h1-9,12H,10-11,13H2,(H,32,35)(H,36,37). The maximum Gasteiger partial charge on any atom is 0.586 e. The van der Waals surface area contributed by atoms with E-state index in [1.807, 2.05) is 0 Å². The number of aliphatic carboxylic acids is 1. The minimum absolute atomic E-state index is 0.0289. The number of nitrogens with one attached hydrogen (secondary N) is 1. The number of rotatable bonds is 7. The van der Waals surface area contributed by atoms with Crippen molar-refractivity contribution < 1.29 is 46.1 Å². The van der Waals surface area contributed by atoms with Crippen LogP contribution in [0.4, 0.5) is 27.6 Å². The highest BCUT2D eigenvalue weighted by Crippen LogP contribution is 2.44. The second-order valence-corrected chi connectivity index (χ2v) is 8.75. The molecular formula is C26H18F5N3O5. The summed E-state index contributed by atoms with van der Waals surface area (Å²) in [7, 11) is 0. The Balaban J connectivity index is 1.39. The fraction of sp³-hybridized carbons (Fsp3) is 0.192. The molecule has 39 heavy (non-hydrogen) atoms. The second-order valence-electron chi connectivity index (χ2n) is 8.75. The highest BCUT2D eigenvalue weighted by molar-refractivity contribution is 5.94. The lowest BCUT2D eigenvalue weighted by atomic mass is 10.1. The van der Waals surface area contributed by atoms with Gasteiger partial charge in [0.05, 0.1) is 30.4 Å². The molecule has 0 spiro atoms. The molecule has 202 valence electrons. The number of fused-ring (bicyclic) bond motifs is 2. The van der Waals surface area contributed by atoms with Gasteiger partial charge in [0, 0.05) is 11.3 Å². The number of benzene rings is 3. The SMILES string of the molecule is O=C(O)Cc1ccc(CC(=O)Nc2ccc3c(c2)nc(C(F)(F)F)n3Cc2cccc3c2OC(F)(F)O3)cc1. The Labute approximate surface area is 216 Å². The van der Waals surface area contributed by atoms with Gasteiger partial charge in [-0.2, -0.15) is 13.2 Å². The van der Waals surface area contributed by atoms with Crippen molar-refractivity contribution in [3.8, 4) is 11.5 Å². The van der Waals surface area contributed by atoms with Crippen molar-refractivity contribution in [1.82, 2.24) is 9.55 Å². The van der Waals surface area contributed by atoms with Crippen molar-refractivity contribution in [3.63, 3.8) is 0 Å². The van der Waals surface area contributed by atoms with Crippen LogP contribution in [-0.4, -0.2) is 32.8 Å². The molecule has 0 unspecified atom stereocenters. The Morgan fingerprint density at radius 2 is 1.67 bits per heavy atom. The van der Waals surface area contributed by atoms with Crippen LogP contribution < -0.4 is 14.8 Å². The molecule has 1 aromatic heterocycles. The van der Waals surface area contributed by atoms with Crippen LogP contribution in [-0.2, 0) is 35.2 Å². The third-order valence-corrected chi connectivity index (χ3v) is 5.87. The topological polar surface area (TPSA) is 103 Å². The number of aromatic nitrogens is 2. The Hall–Kier alpha value is -4.68. The molecule has 13 heteroatoms. The molecule has 0 saturated carbocycles. The minimum atomic E-state index is -4.87. The normalized spacial score (nSPS) is 14.0. The molecule has 2 N–H and O–H groups in total. The van der Waals surface area contributed by atoms with Gasteiger partial charge in [0.15, 0.2) is 11.5 Å². The van der Waals surface area contributed by atoms with Gasteiger partial charge >= 0.3 is 18.4 Å². The molecule has 1 amide bonds. The maximum absolute atomic E-state index is 13.9. The summed E-state index contributed by atoms with van der Waals surface area (Å²) in [4.78, 5) is 27.0. The lowest BCUT2D eigenvalue weighted by Crippen LogP contribution is -2.26. The number of halogens is 5. The van der Waals surface area contributed by atoms with E-state index in [1.54, 1.807) is 24.3 Å². The average Bonchev–Trinajstić information content (AvgIpc) is 3.36. The molecule has 0 bridgehead atoms. The van der Waals surface area contributed by atoms with Crippen molar-refractivity contribution in [2.45, 2.75) is 31.9 Å². The van der Waals surface area contributed by atoms with Crippen molar-refractivity contribution in [2.75, 3.05) is 5.32 Å².